The molecule has 0 radical (unpaired) electrons. The maximum atomic E-state index is 12.0. The number of rotatable bonds is 5. The van der Waals surface area contributed by atoms with E-state index >= 15 is 0 Å². The first-order valence-corrected chi connectivity index (χ1v) is 9.97. The Bertz CT molecular complexity index is 807. The van der Waals surface area contributed by atoms with Crippen molar-refractivity contribution in [2.75, 3.05) is 32.9 Å². The van der Waals surface area contributed by atoms with E-state index in [0.29, 0.717) is 19.0 Å². The van der Waals surface area contributed by atoms with E-state index in [1.807, 2.05) is 37.1 Å². The number of hydrogen-bond donors (Lipinski definition) is 0. The van der Waals surface area contributed by atoms with Crippen molar-refractivity contribution in [1.82, 2.24) is 23.8 Å². The highest BCUT2D eigenvalue weighted by Crippen LogP contribution is 2.29. The minimum absolute atomic E-state index is 0.171. The second-order valence-corrected chi connectivity index (χ2v) is 8.84. The molecular formula is C16H25N5O2S. The number of piperidine rings is 1. The molecule has 8 heteroatoms. The largest absolute Gasteiger partial charge is 0.305 e. The SMILES string of the molecule is CCS(=O)(=O)N1CCC(c2ccnc3c(CN(C)C)cnn23)CC1. The second-order valence-electron chi connectivity index (χ2n) is 6.59. The third-order valence-corrected chi connectivity index (χ3v) is 6.50. The van der Waals surface area contributed by atoms with E-state index in [2.05, 4.69) is 15.0 Å². The van der Waals surface area contributed by atoms with Gasteiger partial charge in [0.2, 0.25) is 10.0 Å². The van der Waals surface area contributed by atoms with Gasteiger partial charge in [0.25, 0.3) is 0 Å². The summed E-state index contributed by atoms with van der Waals surface area (Å²) in [6, 6.07) is 2.01. The molecular weight excluding hydrogens is 326 g/mol. The minimum atomic E-state index is -3.09. The predicted molar refractivity (Wildman–Crippen MR) is 93.4 cm³/mol. The van der Waals surface area contributed by atoms with Crippen LogP contribution in [-0.2, 0) is 16.6 Å². The zero-order valence-electron chi connectivity index (χ0n) is 14.5. The van der Waals surface area contributed by atoms with Crippen molar-refractivity contribution in [1.29, 1.82) is 0 Å². The van der Waals surface area contributed by atoms with E-state index in [1.54, 1.807) is 11.2 Å². The molecule has 0 atom stereocenters. The number of aromatic nitrogens is 3. The molecule has 1 saturated heterocycles. The first-order chi connectivity index (χ1) is 11.4. The van der Waals surface area contributed by atoms with Crippen LogP contribution in [0.25, 0.3) is 5.65 Å². The van der Waals surface area contributed by atoms with Crippen LogP contribution < -0.4 is 0 Å². The van der Waals surface area contributed by atoms with Gasteiger partial charge in [-0.2, -0.15) is 5.10 Å². The van der Waals surface area contributed by atoms with E-state index in [0.717, 1.165) is 36.3 Å². The van der Waals surface area contributed by atoms with Crippen LogP contribution in [0.5, 0.6) is 0 Å². The Morgan fingerprint density at radius 3 is 2.62 bits per heavy atom. The molecule has 0 unspecified atom stereocenters. The number of nitrogens with zero attached hydrogens (tertiary/aromatic N) is 5. The van der Waals surface area contributed by atoms with Crippen LogP contribution in [0.4, 0.5) is 0 Å². The first-order valence-electron chi connectivity index (χ1n) is 8.36. The molecule has 3 rings (SSSR count). The highest BCUT2D eigenvalue weighted by Gasteiger charge is 2.28. The Kier molecular flexibility index (Phi) is 4.89. The second kappa shape index (κ2) is 6.78. The van der Waals surface area contributed by atoms with E-state index in [4.69, 9.17) is 0 Å². The summed E-state index contributed by atoms with van der Waals surface area (Å²) in [5, 5.41) is 4.53. The highest BCUT2D eigenvalue weighted by molar-refractivity contribution is 7.89. The van der Waals surface area contributed by atoms with Crippen LogP contribution in [0.3, 0.4) is 0 Å². The first kappa shape index (κ1) is 17.3. The summed E-state index contributed by atoms with van der Waals surface area (Å²) in [6.07, 6.45) is 5.35. The lowest BCUT2D eigenvalue weighted by Gasteiger charge is -2.31. The van der Waals surface area contributed by atoms with Crippen LogP contribution in [0.15, 0.2) is 18.5 Å². The van der Waals surface area contributed by atoms with Crippen LogP contribution >= 0.6 is 0 Å². The molecule has 0 spiro atoms. The van der Waals surface area contributed by atoms with Crippen LogP contribution in [0.1, 0.15) is 36.9 Å². The van der Waals surface area contributed by atoms with Gasteiger partial charge in [0.05, 0.1) is 11.9 Å². The molecule has 0 bridgehead atoms. The summed E-state index contributed by atoms with van der Waals surface area (Å²) in [7, 11) is 0.964. The van der Waals surface area contributed by atoms with Gasteiger partial charge in [0.1, 0.15) is 0 Å². The molecule has 24 heavy (non-hydrogen) atoms. The third-order valence-electron chi connectivity index (χ3n) is 4.62. The molecule has 0 N–H and O–H groups in total. The van der Waals surface area contributed by atoms with Crippen molar-refractivity contribution in [3.05, 3.63) is 29.7 Å². The monoisotopic (exact) mass is 351 g/mol. The molecule has 7 nitrogen and oxygen atoms in total. The summed E-state index contributed by atoms with van der Waals surface area (Å²) in [6.45, 7) is 3.66. The van der Waals surface area contributed by atoms with Crippen LogP contribution in [0.2, 0.25) is 0 Å². The van der Waals surface area contributed by atoms with Crippen molar-refractivity contribution >= 4 is 15.7 Å². The topological polar surface area (TPSA) is 70.8 Å². The summed E-state index contributed by atoms with van der Waals surface area (Å²) >= 11 is 0. The number of sulfonamides is 1. The molecule has 132 valence electrons. The average molecular weight is 351 g/mol. The third kappa shape index (κ3) is 3.31. The van der Waals surface area contributed by atoms with Gasteiger partial charge in [-0.3, -0.25) is 0 Å². The zero-order valence-corrected chi connectivity index (χ0v) is 15.3. The van der Waals surface area contributed by atoms with Gasteiger partial charge < -0.3 is 4.90 Å². The molecule has 0 aromatic carbocycles. The Labute approximate surface area is 143 Å². The minimum Gasteiger partial charge on any atom is -0.305 e. The quantitative estimate of drug-likeness (QED) is 0.812. The Hall–Kier alpha value is -1.51. The Morgan fingerprint density at radius 1 is 1.29 bits per heavy atom. The van der Waals surface area contributed by atoms with E-state index < -0.39 is 10.0 Å². The van der Waals surface area contributed by atoms with Crippen molar-refractivity contribution in [2.24, 2.45) is 0 Å². The molecule has 1 fully saturated rings. The van der Waals surface area contributed by atoms with Gasteiger partial charge in [-0.1, -0.05) is 0 Å². The lowest BCUT2D eigenvalue weighted by atomic mass is 9.94. The molecule has 0 amide bonds. The van der Waals surface area contributed by atoms with Gasteiger partial charge in [-0.25, -0.2) is 22.2 Å². The fraction of sp³-hybridized carbons (Fsp3) is 0.625. The van der Waals surface area contributed by atoms with Crippen molar-refractivity contribution in [3.8, 4) is 0 Å². The summed E-state index contributed by atoms with van der Waals surface area (Å²) in [4.78, 5) is 6.58. The van der Waals surface area contributed by atoms with Crippen LogP contribution in [0, 0.1) is 0 Å². The maximum absolute atomic E-state index is 12.0. The maximum Gasteiger partial charge on any atom is 0.213 e. The van der Waals surface area contributed by atoms with Crippen LogP contribution in [-0.4, -0.2) is 65.2 Å². The fourth-order valence-corrected chi connectivity index (χ4v) is 4.46. The lowest BCUT2D eigenvalue weighted by Crippen LogP contribution is -2.39. The van der Waals surface area contributed by atoms with Gasteiger partial charge in [0, 0.05) is 43.0 Å². The highest BCUT2D eigenvalue weighted by atomic mass is 32.2. The lowest BCUT2D eigenvalue weighted by molar-refractivity contribution is 0.315. The smallest absolute Gasteiger partial charge is 0.213 e. The van der Waals surface area contributed by atoms with E-state index in [1.165, 1.54) is 0 Å². The summed E-state index contributed by atoms with van der Waals surface area (Å²) in [5.41, 5.74) is 3.12. The van der Waals surface area contributed by atoms with Crippen molar-refractivity contribution in [2.45, 2.75) is 32.2 Å². The molecule has 3 heterocycles. The van der Waals surface area contributed by atoms with Gasteiger partial charge >= 0.3 is 0 Å². The normalized spacial score (nSPS) is 17.8. The van der Waals surface area contributed by atoms with Gasteiger partial charge in [0.15, 0.2) is 5.65 Å². The Balaban J connectivity index is 1.83. The summed E-state index contributed by atoms with van der Waals surface area (Å²) < 4.78 is 27.6. The van der Waals surface area contributed by atoms with Crippen molar-refractivity contribution < 1.29 is 8.42 Å². The summed E-state index contributed by atoms with van der Waals surface area (Å²) in [5.74, 6) is 0.482. The molecule has 2 aromatic heterocycles. The number of hydrogen-bond acceptors (Lipinski definition) is 5. The predicted octanol–water partition coefficient (Wildman–Crippen LogP) is 1.32. The fourth-order valence-electron chi connectivity index (χ4n) is 3.33. The van der Waals surface area contributed by atoms with Gasteiger partial charge in [-0.05, 0) is 39.9 Å². The van der Waals surface area contributed by atoms with E-state index in [-0.39, 0.29) is 5.75 Å². The van der Waals surface area contributed by atoms with Crippen molar-refractivity contribution in [3.63, 3.8) is 0 Å². The zero-order chi connectivity index (χ0) is 17.3. The van der Waals surface area contributed by atoms with E-state index in [9.17, 15) is 8.42 Å². The Morgan fingerprint density at radius 2 is 2.00 bits per heavy atom. The molecule has 0 saturated carbocycles. The average Bonchev–Trinajstić information content (AvgIpc) is 2.97. The molecule has 1 aliphatic rings. The van der Waals surface area contributed by atoms with Gasteiger partial charge in [-0.15, -0.1) is 0 Å². The number of fused-ring (bicyclic) bond motifs is 1. The standard InChI is InChI=1S/C16H25N5O2S/c1-4-24(22,23)20-9-6-13(7-10-20)15-5-8-17-16-14(12-19(2)3)11-18-21(15)16/h5,8,11,13H,4,6-7,9-10,12H2,1-3H3. The molecule has 2 aromatic rings. The molecule has 1 aliphatic heterocycles. The molecule has 0 aliphatic carbocycles.